The van der Waals surface area contributed by atoms with Crippen molar-refractivity contribution in [3.63, 3.8) is 0 Å². The molecule has 0 saturated heterocycles. The number of alkyl halides is 1. The number of halogens is 1. The summed E-state index contributed by atoms with van der Waals surface area (Å²) < 4.78 is 12.4. The van der Waals surface area contributed by atoms with Crippen LogP contribution in [0.1, 0.15) is 25.7 Å². The lowest BCUT2D eigenvalue weighted by atomic mass is 10.1. The van der Waals surface area contributed by atoms with E-state index in [0.29, 0.717) is 12.3 Å². The van der Waals surface area contributed by atoms with Crippen LogP contribution in [0, 0.1) is 18.3 Å². The molecule has 0 amide bonds. The van der Waals surface area contributed by atoms with Gasteiger partial charge >= 0.3 is 0 Å². The fraction of sp³-hybridized carbons (Fsp3) is 0.750. The molecule has 0 radical (unpaired) electrons. The highest BCUT2D eigenvalue weighted by Crippen LogP contribution is 2.29. The second kappa shape index (κ2) is 2.87. The van der Waals surface area contributed by atoms with Crippen molar-refractivity contribution in [2.24, 2.45) is 5.92 Å². The second-order valence-electron chi connectivity index (χ2n) is 2.68. The second-order valence-corrected chi connectivity index (χ2v) is 2.68. The first-order valence-electron chi connectivity index (χ1n) is 3.40. The third-order valence-electron chi connectivity index (χ3n) is 1.88. The third-order valence-corrected chi connectivity index (χ3v) is 1.88. The number of terminal acetylenes is 1. The van der Waals surface area contributed by atoms with Gasteiger partial charge in [-0.25, -0.2) is 4.39 Å². The smallest absolute Gasteiger partial charge is 0.100 e. The van der Waals surface area contributed by atoms with E-state index in [1.165, 1.54) is 0 Å². The molecule has 0 heterocycles. The van der Waals surface area contributed by atoms with Crippen LogP contribution >= 0.6 is 0 Å². The summed E-state index contributed by atoms with van der Waals surface area (Å²) in [5.74, 6) is 3.04. The minimum atomic E-state index is -0.566. The van der Waals surface area contributed by atoms with Crippen molar-refractivity contribution in [2.45, 2.75) is 31.9 Å². The van der Waals surface area contributed by atoms with E-state index in [-0.39, 0.29) is 0 Å². The van der Waals surface area contributed by atoms with Gasteiger partial charge in [-0.2, -0.15) is 0 Å². The molecule has 0 aromatic rings. The standard InChI is InChI=1S/C8H11F/c1-2-3-7-4-5-8(9)6-7/h1,7-8H,3-6H2. The van der Waals surface area contributed by atoms with E-state index in [9.17, 15) is 4.39 Å². The molecule has 0 N–H and O–H groups in total. The molecule has 0 spiro atoms. The largest absolute Gasteiger partial charge is 0.247 e. The van der Waals surface area contributed by atoms with Crippen LogP contribution < -0.4 is 0 Å². The van der Waals surface area contributed by atoms with E-state index in [1.54, 1.807) is 0 Å². The molecule has 0 bridgehead atoms. The van der Waals surface area contributed by atoms with Gasteiger partial charge in [0.05, 0.1) is 0 Å². The average molecular weight is 126 g/mol. The van der Waals surface area contributed by atoms with Crippen molar-refractivity contribution >= 4 is 0 Å². The van der Waals surface area contributed by atoms with Crippen molar-refractivity contribution in [2.75, 3.05) is 0 Å². The van der Waals surface area contributed by atoms with Crippen molar-refractivity contribution in [3.8, 4) is 12.3 Å². The highest BCUT2D eigenvalue weighted by molar-refractivity contribution is 4.89. The third kappa shape index (κ3) is 1.71. The highest BCUT2D eigenvalue weighted by Gasteiger charge is 2.22. The molecule has 1 heteroatoms. The van der Waals surface area contributed by atoms with Gasteiger partial charge in [0.2, 0.25) is 0 Å². The topological polar surface area (TPSA) is 0 Å². The first-order valence-corrected chi connectivity index (χ1v) is 3.40. The van der Waals surface area contributed by atoms with Crippen LogP contribution in [0.15, 0.2) is 0 Å². The zero-order chi connectivity index (χ0) is 6.69. The average Bonchev–Trinajstić information content (AvgIpc) is 2.17. The summed E-state index contributed by atoms with van der Waals surface area (Å²) in [6, 6.07) is 0. The summed E-state index contributed by atoms with van der Waals surface area (Å²) in [5.41, 5.74) is 0. The van der Waals surface area contributed by atoms with Crippen molar-refractivity contribution < 1.29 is 4.39 Å². The normalized spacial score (nSPS) is 34.2. The molecule has 0 aliphatic heterocycles. The SMILES string of the molecule is C#CCC1CCC(F)C1. The molecule has 50 valence electrons. The van der Waals surface area contributed by atoms with Crippen LogP contribution in [0.3, 0.4) is 0 Å². The molecule has 0 nitrogen and oxygen atoms in total. The molecule has 0 aromatic heterocycles. The summed E-state index contributed by atoms with van der Waals surface area (Å²) >= 11 is 0. The van der Waals surface area contributed by atoms with E-state index in [2.05, 4.69) is 5.92 Å². The predicted molar refractivity (Wildman–Crippen MR) is 35.7 cm³/mol. The molecular formula is C8H11F. The van der Waals surface area contributed by atoms with Gasteiger partial charge in [0, 0.05) is 6.42 Å². The van der Waals surface area contributed by atoms with E-state index < -0.39 is 6.17 Å². The summed E-state index contributed by atoms with van der Waals surface area (Å²) in [6.07, 6.45) is 7.70. The van der Waals surface area contributed by atoms with E-state index in [4.69, 9.17) is 6.42 Å². The Morgan fingerprint density at radius 3 is 2.78 bits per heavy atom. The zero-order valence-corrected chi connectivity index (χ0v) is 5.44. The van der Waals surface area contributed by atoms with Crippen molar-refractivity contribution in [3.05, 3.63) is 0 Å². The Balaban J connectivity index is 2.24. The maximum Gasteiger partial charge on any atom is 0.100 e. The van der Waals surface area contributed by atoms with Crippen LogP contribution in [-0.4, -0.2) is 6.17 Å². The fourth-order valence-electron chi connectivity index (χ4n) is 1.37. The zero-order valence-electron chi connectivity index (χ0n) is 5.44. The maximum atomic E-state index is 12.4. The monoisotopic (exact) mass is 126 g/mol. The van der Waals surface area contributed by atoms with Gasteiger partial charge in [0.15, 0.2) is 0 Å². The summed E-state index contributed by atoms with van der Waals surface area (Å²) in [4.78, 5) is 0. The van der Waals surface area contributed by atoms with E-state index >= 15 is 0 Å². The molecule has 1 saturated carbocycles. The van der Waals surface area contributed by atoms with Gasteiger partial charge in [-0.3, -0.25) is 0 Å². The Hall–Kier alpha value is -0.510. The molecule has 0 aromatic carbocycles. The van der Waals surface area contributed by atoms with Gasteiger partial charge in [-0.1, -0.05) is 0 Å². The van der Waals surface area contributed by atoms with Gasteiger partial charge in [-0.05, 0) is 25.2 Å². The Kier molecular flexibility index (Phi) is 2.10. The Morgan fingerprint density at radius 1 is 1.56 bits per heavy atom. The predicted octanol–water partition coefficient (Wildman–Crippen LogP) is 2.15. The molecule has 2 unspecified atom stereocenters. The first kappa shape index (κ1) is 6.61. The lowest BCUT2D eigenvalue weighted by Gasteiger charge is -2.00. The molecule has 9 heavy (non-hydrogen) atoms. The molecule has 1 aliphatic carbocycles. The summed E-state index contributed by atoms with van der Waals surface area (Å²) in [6.45, 7) is 0. The van der Waals surface area contributed by atoms with Crippen LogP contribution in [0.25, 0.3) is 0 Å². The number of hydrogen-bond donors (Lipinski definition) is 0. The molecule has 1 aliphatic rings. The Bertz CT molecular complexity index is 123. The van der Waals surface area contributed by atoms with Crippen LogP contribution in [0.5, 0.6) is 0 Å². The summed E-state index contributed by atoms with van der Waals surface area (Å²) in [5, 5.41) is 0. The lowest BCUT2D eigenvalue weighted by Crippen LogP contribution is -1.93. The minimum absolute atomic E-state index is 0.477. The molecule has 1 rings (SSSR count). The van der Waals surface area contributed by atoms with E-state index in [0.717, 1.165) is 19.3 Å². The first-order chi connectivity index (χ1) is 4.33. The van der Waals surface area contributed by atoms with Gasteiger partial charge < -0.3 is 0 Å². The highest BCUT2D eigenvalue weighted by atomic mass is 19.1. The van der Waals surface area contributed by atoms with Crippen molar-refractivity contribution in [1.82, 2.24) is 0 Å². The fourth-order valence-corrected chi connectivity index (χ4v) is 1.37. The summed E-state index contributed by atoms with van der Waals surface area (Å²) in [7, 11) is 0. The van der Waals surface area contributed by atoms with Gasteiger partial charge in [-0.15, -0.1) is 12.3 Å². The van der Waals surface area contributed by atoms with Gasteiger partial charge in [0.1, 0.15) is 6.17 Å². The van der Waals surface area contributed by atoms with Crippen LogP contribution in [0.2, 0.25) is 0 Å². The molecule has 1 fully saturated rings. The van der Waals surface area contributed by atoms with Crippen LogP contribution in [0.4, 0.5) is 4.39 Å². The Morgan fingerprint density at radius 2 is 2.33 bits per heavy atom. The quantitative estimate of drug-likeness (QED) is 0.472. The number of hydrogen-bond acceptors (Lipinski definition) is 0. The Labute approximate surface area is 55.5 Å². The number of rotatable bonds is 1. The molecular weight excluding hydrogens is 115 g/mol. The minimum Gasteiger partial charge on any atom is -0.247 e. The lowest BCUT2D eigenvalue weighted by molar-refractivity contribution is 0.332. The maximum absolute atomic E-state index is 12.4. The van der Waals surface area contributed by atoms with Gasteiger partial charge in [0.25, 0.3) is 0 Å². The van der Waals surface area contributed by atoms with E-state index in [1.807, 2.05) is 0 Å². The molecule has 2 atom stereocenters. The van der Waals surface area contributed by atoms with Crippen LogP contribution in [-0.2, 0) is 0 Å². The van der Waals surface area contributed by atoms with Crippen molar-refractivity contribution in [1.29, 1.82) is 0 Å².